The Morgan fingerprint density at radius 2 is 1.85 bits per heavy atom. The highest BCUT2D eigenvalue weighted by atomic mass is 35.5. The number of pyridine rings is 1. The van der Waals surface area contributed by atoms with Gasteiger partial charge in [-0.15, -0.1) is 11.8 Å². The minimum Gasteiger partial charge on any atom is -0.493 e. The lowest BCUT2D eigenvalue weighted by molar-refractivity contribution is 0.102. The largest absolute Gasteiger partial charge is 0.493 e. The topological polar surface area (TPSA) is 81.9 Å². The number of rotatable bonds is 7. The van der Waals surface area contributed by atoms with Gasteiger partial charge in [-0.25, -0.2) is 4.98 Å². The lowest BCUT2D eigenvalue weighted by Gasteiger charge is -2.12. The standard InChI is InChI=1S/C24H20ClN3O4S/c1-31-19-9-7-15(11-20(19)32-2)24(30)27-18-5-3-4-6-21(18)33-14-17-12-23(29)28-13-16(25)8-10-22(28)26-17/h3-13H,14H2,1-2H3,(H,27,30). The van der Waals surface area contributed by atoms with Crippen molar-refractivity contribution in [3.63, 3.8) is 0 Å². The van der Waals surface area contributed by atoms with Crippen LogP contribution in [0, 0.1) is 0 Å². The van der Waals surface area contributed by atoms with E-state index in [1.807, 2.05) is 24.3 Å². The van der Waals surface area contributed by atoms with Gasteiger partial charge in [-0.2, -0.15) is 0 Å². The highest BCUT2D eigenvalue weighted by Crippen LogP contribution is 2.31. The number of hydrogen-bond acceptors (Lipinski definition) is 6. The number of carbonyl (C=O) groups excluding carboxylic acids is 1. The van der Waals surface area contributed by atoms with Crippen LogP contribution >= 0.6 is 23.4 Å². The Bertz CT molecular complexity index is 1390. The number of nitrogens with zero attached hydrogens (tertiary/aromatic N) is 2. The van der Waals surface area contributed by atoms with Crippen molar-refractivity contribution in [2.75, 3.05) is 19.5 Å². The van der Waals surface area contributed by atoms with Crippen LogP contribution in [0.5, 0.6) is 11.5 Å². The maximum atomic E-state index is 12.8. The fourth-order valence-electron chi connectivity index (χ4n) is 3.22. The quantitative estimate of drug-likeness (QED) is 0.378. The molecule has 1 amide bonds. The summed E-state index contributed by atoms with van der Waals surface area (Å²) in [5.41, 5.74) is 2.06. The molecule has 2 aromatic heterocycles. The highest BCUT2D eigenvalue weighted by molar-refractivity contribution is 7.98. The summed E-state index contributed by atoms with van der Waals surface area (Å²) in [6, 6.07) is 17.3. The fourth-order valence-corrected chi connectivity index (χ4v) is 4.28. The molecular weight excluding hydrogens is 462 g/mol. The van der Waals surface area contributed by atoms with Crippen LogP contribution in [0.1, 0.15) is 16.1 Å². The second kappa shape index (κ2) is 9.97. The van der Waals surface area contributed by atoms with E-state index in [0.29, 0.717) is 44.9 Å². The summed E-state index contributed by atoms with van der Waals surface area (Å²) in [5, 5.41) is 3.41. The van der Waals surface area contributed by atoms with Crippen LogP contribution < -0.4 is 20.3 Å². The number of ether oxygens (including phenoxy) is 2. The summed E-state index contributed by atoms with van der Waals surface area (Å²) in [5.74, 6) is 1.20. The third kappa shape index (κ3) is 5.13. The average molecular weight is 482 g/mol. The maximum Gasteiger partial charge on any atom is 0.258 e. The predicted molar refractivity (Wildman–Crippen MR) is 130 cm³/mol. The van der Waals surface area contributed by atoms with Crippen LogP contribution in [0.25, 0.3) is 5.65 Å². The maximum absolute atomic E-state index is 12.8. The monoisotopic (exact) mass is 481 g/mol. The Morgan fingerprint density at radius 1 is 1.06 bits per heavy atom. The number of methoxy groups -OCH3 is 2. The smallest absolute Gasteiger partial charge is 0.258 e. The van der Waals surface area contributed by atoms with E-state index in [4.69, 9.17) is 21.1 Å². The Hall–Kier alpha value is -3.49. The molecule has 0 aliphatic rings. The zero-order chi connectivity index (χ0) is 23.4. The fraction of sp³-hybridized carbons (Fsp3) is 0.125. The number of nitrogens with one attached hydrogen (secondary N) is 1. The number of para-hydroxylation sites is 1. The number of aromatic nitrogens is 2. The third-order valence-corrected chi connectivity index (χ3v) is 6.16. The van der Waals surface area contributed by atoms with Gasteiger partial charge in [-0.05, 0) is 42.5 Å². The van der Waals surface area contributed by atoms with E-state index in [1.54, 1.807) is 43.6 Å². The first kappa shape index (κ1) is 22.7. The molecule has 0 saturated heterocycles. The van der Waals surface area contributed by atoms with Gasteiger partial charge >= 0.3 is 0 Å². The first-order valence-electron chi connectivity index (χ1n) is 9.91. The molecule has 7 nitrogen and oxygen atoms in total. The molecule has 0 radical (unpaired) electrons. The highest BCUT2D eigenvalue weighted by Gasteiger charge is 2.13. The summed E-state index contributed by atoms with van der Waals surface area (Å²) in [6.45, 7) is 0. The van der Waals surface area contributed by atoms with Gasteiger partial charge in [-0.3, -0.25) is 14.0 Å². The molecule has 2 heterocycles. The summed E-state index contributed by atoms with van der Waals surface area (Å²) in [6.07, 6.45) is 1.54. The molecule has 33 heavy (non-hydrogen) atoms. The Morgan fingerprint density at radius 3 is 2.64 bits per heavy atom. The molecule has 0 aliphatic heterocycles. The van der Waals surface area contributed by atoms with Crippen molar-refractivity contribution in [3.8, 4) is 11.5 Å². The number of fused-ring (bicyclic) bond motifs is 1. The lowest BCUT2D eigenvalue weighted by Crippen LogP contribution is -2.15. The van der Waals surface area contributed by atoms with E-state index in [2.05, 4.69) is 10.3 Å². The van der Waals surface area contributed by atoms with Gasteiger partial charge in [0, 0.05) is 28.5 Å². The molecule has 0 spiro atoms. The Labute approximate surface area is 199 Å². The summed E-state index contributed by atoms with van der Waals surface area (Å²) in [7, 11) is 3.06. The summed E-state index contributed by atoms with van der Waals surface area (Å²) in [4.78, 5) is 30.6. The van der Waals surface area contributed by atoms with E-state index in [0.717, 1.165) is 4.90 Å². The van der Waals surface area contributed by atoms with Crippen LogP contribution in [0.2, 0.25) is 5.02 Å². The molecule has 4 aromatic rings. The number of amides is 1. The first-order chi connectivity index (χ1) is 16.0. The minimum atomic E-state index is -0.275. The van der Waals surface area contributed by atoms with Crippen LogP contribution in [-0.2, 0) is 5.75 Å². The van der Waals surface area contributed by atoms with E-state index in [1.165, 1.54) is 29.3 Å². The zero-order valence-electron chi connectivity index (χ0n) is 17.9. The molecule has 9 heteroatoms. The average Bonchev–Trinajstić information content (AvgIpc) is 2.83. The molecule has 1 N–H and O–H groups in total. The second-order valence-electron chi connectivity index (χ2n) is 6.97. The molecule has 0 aliphatic carbocycles. The van der Waals surface area contributed by atoms with E-state index >= 15 is 0 Å². The number of halogens is 1. The number of hydrogen-bond donors (Lipinski definition) is 1. The molecule has 2 aromatic carbocycles. The molecule has 0 atom stereocenters. The number of carbonyl (C=O) groups is 1. The van der Waals surface area contributed by atoms with Crippen LogP contribution in [0.3, 0.4) is 0 Å². The van der Waals surface area contributed by atoms with Crippen LogP contribution in [0.4, 0.5) is 5.69 Å². The Balaban J connectivity index is 1.52. The zero-order valence-corrected chi connectivity index (χ0v) is 19.4. The van der Waals surface area contributed by atoms with Gasteiger partial charge in [-0.1, -0.05) is 23.7 Å². The molecule has 168 valence electrons. The lowest BCUT2D eigenvalue weighted by atomic mass is 10.2. The van der Waals surface area contributed by atoms with Crippen molar-refractivity contribution < 1.29 is 14.3 Å². The van der Waals surface area contributed by atoms with Crippen molar-refractivity contribution >= 4 is 40.6 Å². The van der Waals surface area contributed by atoms with Gasteiger partial charge < -0.3 is 14.8 Å². The SMILES string of the molecule is COc1ccc(C(=O)Nc2ccccc2SCc2cc(=O)n3cc(Cl)ccc3n2)cc1OC. The van der Waals surface area contributed by atoms with Crippen molar-refractivity contribution in [1.82, 2.24) is 9.38 Å². The van der Waals surface area contributed by atoms with Crippen LogP contribution in [-0.4, -0.2) is 29.5 Å². The van der Waals surface area contributed by atoms with Gasteiger partial charge in [0.15, 0.2) is 11.5 Å². The molecule has 0 saturated carbocycles. The van der Waals surface area contributed by atoms with Gasteiger partial charge in [0.05, 0.1) is 30.6 Å². The normalized spacial score (nSPS) is 10.8. The molecule has 0 unspecified atom stereocenters. The van der Waals surface area contributed by atoms with E-state index in [9.17, 15) is 9.59 Å². The predicted octanol–water partition coefficient (Wildman–Crippen LogP) is 4.91. The number of thioether (sulfide) groups is 1. The van der Waals surface area contributed by atoms with E-state index in [-0.39, 0.29) is 11.5 Å². The number of anilines is 1. The molecule has 0 fully saturated rings. The first-order valence-corrected chi connectivity index (χ1v) is 11.3. The molecule has 0 bridgehead atoms. The second-order valence-corrected chi connectivity index (χ2v) is 8.42. The van der Waals surface area contributed by atoms with E-state index < -0.39 is 0 Å². The van der Waals surface area contributed by atoms with Crippen molar-refractivity contribution in [2.24, 2.45) is 0 Å². The van der Waals surface area contributed by atoms with Gasteiger partial charge in [0.25, 0.3) is 11.5 Å². The molecule has 4 rings (SSSR count). The summed E-state index contributed by atoms with van der Waals surface area (Å²) < 4.78 is 11.9. The molecular formula is C24H20ClN3O4S. The van der Waals surface area contributed by atoms with Crippen molar-refractivity contribution in [1.29, 1.82) is 0 Å². The summed E-state index contributed by atoms with van der Waals surface area (Å²) >= 11 is 7.44. The number of benzene rings is 2. The third-order valence-electron chi connectivity index (χ3n) is 4.83. The van der Waals surface area contributed by atoms with Gasteiger partial charge in [0.2, 0.25) is 0 Å². The Kier molecular flexibility index (Phi) is 6.86. The van der Waals surface area contributed by atoms with Crippen molar-refractivity contribution in [3.05, 3.63) is 93.5 Å². The minimum absolute atomic E-state index is 0.201. The van der Waals surface area contributed by atoms with Gasteiger partial charge in [0.1, 0.15) is 5.65 Å². The van der Waals surface area contributed by atoms with Crippen molar-refractivity contribution in [2.45, 2.75) is 10.6 Å². The van der Waals surface area contributed by atoms with Crippen LogP contribution in [0.15, 0.2) is 76.6 Å².